The van der Waals surface area contributed by atoms with E-state index in [0.717, 1.165) is 9.77 Å². The smallest absolute Gasteiger partial charge is 0.294 e. The molecule has 0 saturated carbocycles. The summed E-state index contributed by atoms with van der Waals surface area (Å²) in [6.07, 6.45) is 3.57. The predicted molar refractivity (Wildman–Crippen MR) is 110 cm³/mol. The Morgan fingerprint density at radius 2 is 2.14 bits per heavy atom. The number of hydrogen-bond acceptors (Lipinski definition) is 10. The van der Waals surface area contributed by atoms with Gasteiger partial charge in [-0.15, -0.1) is 28.2 Å². The zero-order chi connectivity index (χ0) is 20.2. The Labute approximate surface area is 172 Å². The Bertz CT molecular complexity index is 1170. The number of thiophene rings is 1. The summed E-state index contributed by atoms with van der Waals surface area (Å²) in [6, 6.07) is 11.1. The fourth-order valence-electron chi connectivity index (χ4n) is 2.56. The number of amides is 1. The molecule has 3 N–H and O–H groups in total. The van der Waals surface area contributed by atoms with Crippen LogP contribution in [0, 0.1) is 0 Å². The summed E-state index contributed by atoms with van der Waals surface area (Å²) in [5.74, 6) is -0.358. The van der Waals surface area contributed by atoms with Gasteiger partial charge in [-0.05, 0) is 28.0 Å². The van der Waals surface area contributed by atoms with E-state index in [2.05, 4.69) is 35.8 Å². The molecule has 29 heavy (non-hydrogen) atoms. The molecular formula is C17H14N8O2S2. The molecule has 0 aliphatic rings. The van der Waals surface area contributed by atoms with Crippen LogP contribution >= 0.6 is 23.1 Å². The van der Waals surface area contributed by atoms with Crippen LogP contribution in [-0.2, 0) is 0 Å². The van der Waals surface area contributed by atoms with Crippen LogP contribution in [0.1, 0.15) is 16.1 Å². The lowest BCUT2D eigenvalue weighted by atomic mass is 10.1. The number of nitrogens with two attached hydrogens (primary N) is 1. The summed E-state index contributed by atoms with van der Waals surface area (Å²) < 4.78 is 7.06. The highest BCUT2D eigenvalue weighted by Gasteiger charge is 2.24. The molecule has 3 aromatic heterocycles. The van der Waals surface area contributed by atoms with Crippen molar-refractivity contribution in [3.63, 3.8) is 0 Å². The van der Waals surface area contributed by atoms with E-state index in [0.29, 0.717) is 11.3 Å². The van der Waals surface area contributed by atoms with E-state index in [1.807, 2.05) is 48.0 Å². The van der Waals surface area contributed by atoms with Crippen molar-refractivity contribution in [3.05, 3.63) is 53.0 Å². The maximum atomic E-state index is 12.8. The first-order valence-corrected chi connectivity index (χ1v) is 10.3. The number of aromatic nitrogens is 5. The molecule has 0 saturated heterocycles. The number of nitrogens with one attached hydrogen (secondary N) is 1. The first kappa shape index (κ1) is 18.8. The Morgan fingerprint density at radius 3 is 2.86 bits per heavy atom. The normalized spacial score (nSPS) is 11.2. The van der Waals surface area contributed by atoms with Crippen LogP contribution in [0.4, 0.5) is 5.82 Å². The van der Waals surface area contributed by atoms with Crippen LogP contribution in [0.2, 0.25) is 0 Å². The zero-order valence-corrected chi connectivity index (χ0v) is 16.6. The predicted octanol–water partition coefficient (Wildman–Crippen LogP) is 2.45. The van der Waals surface area contributed by atoms with Crippen LogP contribution in [-0.4, -0.2) is 43.7 Å². The lowest BCUT2D eigenvalue weighted by molar-refractivity contribution is 0.0950. The molecule has 1 amide bonds. The van der Waals surface area contributed by atoms with Crippen LogP contribution in [0.5, 0.6) is 0 Å². The van der Waals surface area contributed by atoms with Crippen LogP contribution in [0.15, 0.2) is 55.7 Å². The first-order valence-electron chi connectivity index (χ1n) is 8.23. The number of carbonyl (C=O) groups is 1. The van der Waals surface area contributed by atoms with E-state index in [4.69, 9.17) is 5.73 Å². The molecule has 0 radical (unpaired) electrons. The molecule has 0 unspecified atom stereocenters. The number of thioether (sulfide) groups is 1. The Morgan fingerprint density at radius 1 is 1.31 bits per heavy atom. The Hall–Kier alpha value is -3.51. The molecular weight excluding hydrogens is 412 g/mol. The maximum absolute atomic E-state index is 12.8. The van der Waals surface area contributed by atoms with Crippen LogP contribution in [0.25, 0.3) is 17.1 Å². The van der Waals surface area contributed by atoms with Gasteiger partial charge in [-0.1, -0.05) is 35.5 Å². The summed E-state index contributed by atoms with van der Waals surface area (Å²) >= 11 is 3.22. The summed E-state index contributed by atoms with van der Waals surface area (Å²) in [5, 5.41) is 21.3. The molecule has 4 aromatic rings. The van der Waals surface area contributed by atoms with Crippen molar-refractivity contribution < 1.29 is 9.42 Å². The quantitative estimate of drug-likeness (QED) is 0.272. The average Bonchev–Trinajstić information content (AvgIpc) is 3.47. The summed E-state index contributed by atoms with van der Waals surface area (Å²) in [6.45, 7) is 0. The van der Waals surface area contributed by atoms with Gasteiger partial charge in [0.2, 0.25) is 11.6 Å². The third kappa shape index (κ3) is 3.75. The Kier molecular flexibility index (Phi) is 5.35. The molecule has 0 atom stereocenters. The van der Waals surface area contributed by atoms with Crippen molar-refractivity contribution >= 4 is 41.0 Å². The molecule has 1 aromatic carbocycles. The van der Waals surface area contributed by atoms with E-state index in [9.17, 15) is 4.79 Å². The van der Waals surface area contributed by atoms with Crippen molar-refractivity contribution in [1.29, 1.82) is 0 Å². The second kappa shape index (κ2) is 8.24. The van der Waals surface area contributed by atoms with Crippen LogP contribution < -0.4 is 11.2 Å². The van der Waals surface area contributed by atoms with Crippen molar-refractivity contribution in [2.75, 3.05) is 12.0 Å². The minimum absolute atomic E-state index is 0.0270. The third-order valence-corrected chi connectivity index (χ3v) is 5.96. The topological polar surface area (TPSA) is 137 Å². The number of benzene rings is 1. The standard InChI is InChI=1S/C17H14N8O2S2/c1-28-17-11(7-8-29-17)9-19-21-16(26)12-13(10-5-3-2-4-6-10)25(24-20-12)15-14(18)22-27-23-15/h2-9H,1H3,(H2,18,22)(H,21,26)/b19-9+. The first-order chi connectivity index (χ1) is 14.2. The van der Waals surface area contributed by atoms with E-state index in [-0.39, 0.29) is 17.3 Å². The summed E-state index contributed by atoms with van der Waals surface area (Å²) in [4.78, 5) is 12.8. The molecule has 0 spiro atoms. The van der Waals surface area contributed by atoms with Gasteiger partial charge in [0.15, 0.2) is 5.69 Å². The number of hydrogen-bond donors (Lipinski definition) is 2. The molecule has 0 aliphatic carbocycles. The number of nitrogen functional groups attached to an aromatic ring is 1. The molecule has 12 heteroatoms. The number of rotatable bonds is 6. The highest BCUT2D eigenvalue weighted by Crippen LogP contribution is 2.27. The maximum Gasteiger partial charge on any atom is 0.294 e. The second-order valence-corrected chi connectivity index (χ2v) is 7.60. The molecule has 146 valence electrons. The average molecular weight is 426 g/mol. The van der Waals surface area contributed by atoms with Crippen molar-refractivity contribution in [2.45, 2.75) is 4.21 Å². The lowest BCUT2D eigenvalue weighted by Gasteiger charge is -2.05. The lowest BCUT2D eigenvalue weighted by Crippen LogP contribution is -2.19. The number of carbonyl (C=O) groups excluding carboxylic acids is 1. The van der Waals surface area contributed by atoms with Gasteiger partial charge < -0.3 is 5.73 Å². The second-order valence-electron chi connectivity index (χ2n) is 5.60. The zero-order valence-electron chi connectivity index (χ0n) is 15.0. The van der Waals surface area contributed by atoms with Gasteiger partial charge in [-0.25, -0.2) is 10.1 Å². The molecule has 0 bridgehead atoms. The molecule has 4 rings (SSSR count). The van der Waals surface area contributed by atoms with Gasteiger partial charge in [0.25, 0.3) is 5.91 Å². The summed E-state index contributed by atoms with van der Waals surface area (Å²) in [5.41, 5.74) is 10.3. The number of hydrazone groups is 1. The minimum Gasteiger partial charge on any atom is -0.378 e. The fraction of sp³-hybridized carbons (Fsp3) is 0.0588. The highest BCUT2D eigenvalue weighted by atomic mass is 32.2. The van der Waals surface area contributed by atoms with E-state index < -0.39 is 5.91 Å². The van der Waals surface area contributed by atoms with Gasteiger partial charge in [0.05, 0.1) is 10.4 Å². The van der Waals surface area contributed by atoms with E-state index in [1.165, 1.54) is 4.68 Å². The van der Waals surface area contributed by atoms with Gasteiger partial charge in [-0.2, -0.15) is 9.78 Å². The summed E-state index contributed by atoms with van der Waals surface area (Å²) in [7, 11) is 0. The number of nitrogens with zero attached hydrogens (tertiary/aromatic N) is 6. The van der Waals surface area contributed by atoms with E-state index in [1.54, 1.807) is 29.3 Å². The highest BCUT2D eigenvalue weighted by molar-refractivity contribution is 8.00. The minimum atomic E-state index is -0.526. The van der Waals surface area contributed by atoms with E-state index >= 15 is 0 Å². The van der Waals surface area contributed by atoms with Crippen LogP contribution in [0.3, 0.4) is 0 Å². The Balaban J connectivity index is 1.67. The van der Waals surface area contributed by atoms with Crippen molar-refractivity contribution in [1.82, 2.24) is 30.7 Å². The SMILES string of the molecule is CSc1sccc1/C=N/NC(=O)c1nnn(-c2nonc2N)c1-c1ccccc1. The third-order valence-electron chi connectivity index (χ3n) is 3.84. The van der Waals surface area contributed by atoms with Gasteiger partial charge in [0, 0.05) is 11.1 Å². The molecule has 0 aliphatic heterocycles. The van der Waals surface area contributed by atoms with Crippen molar-refractivity contribution in [2.24, 2.45) is 5.10 Å². The van der Waals surface area contributed by atoms with Gasteiger partial charge in [-0.3, -0.25) is 4.79 Å². The molecule has 10 nitrogen and oxygen atoms in total. The monoisotopic (exact) mass is 426 g/mol. The number of anilines is 1. The van der Waals surface area contributed by atoms with Gasteiger partial charge in [0.1, 0.15) is 5.69 Å². The molecule has 3 heterocycles. The largest absolute Gasteiger partial charge is 0.378 e. The molecule has 0 fully saturated rings. The fourth-order valence-corrected chi connectivity index (χ4v) is 4.06. The van der Waals surface area contributed by atoms with Gasteiger partial charge >= 0.3 is 0 Å². The van der Waals surface area contributed by atoms with Crippen molar-refractivity contribution in [3.8, 4) is 17.1 Å².